The summed E-state index contributed by atoms with van der Waals surface area (Å²) in [4.78, 5) is 10.2. The lowest BCUT2D eigenvalue weighted by Gasteiger charge is -1.95. The molecule has 0 aliphatic rings. The van der Waals surface area contributed by atoms with E-state index in [-0.39, 0.29) is 12.4 Å². The van der Waals surface area contributed by atoms with Gasteiger partial charge in [0.15, 0.2) is 5.76 Å². The molecule has 1 aromatic rings. The number of aromatic nitrogens is 1. The molecule has 0 aromatic carbocycles. The Kier molecular flexibility index (Phi) is 3.56. The highest BCUT2D eigenvalue weighted by molar-refractivity contribution is 5.85. The van der Waals surface area contributed by atoms with E-state index in [4.69, 9.17) is 9.63 Å². The van der Waals surface area contributed by atoms with Crippen LogP contribution in [0.15, 0.2) is 4.52 Å². The number of amides is 1. The number of hydrogen-bond donors (Lipinski definition) is 2. The number of carboxylic acid groups (broad SMARTS) is 1. The SMILES string of the molecule is Cc1noc(C)c1NC(=O)O.Cl. The minimum atomic E-state index is -1.11. The predicted octanol–water partition coefficient (Wildman–Crippen LogP) is 1.80. The molecular weight excluding hydrogens is 184 g/mol. The Morgan fingerprint density at radius 3 is 2.50 bits per heavy atom. The van der Waals surface area contributed by atoms with Gasteiger partial charge in [-0.3, -0.25) is 5.32 Å². The highest BCUT2D eigenvalue weighted by Gasteiger charge is 2.10. The van der Waals surface area contributed by atoms with Crippen LogP contribution in [0, 0.1) is 13.8 Å². The third-order valence-electron chi connectivity index (χ3n) is 1.27. The molecule has 6 heteroatoms. The molecule has 0 bridgehead atoms. The van der Waals surface area contributed by atoms with Crippen LogP contribution >= 0.6 is 12.4 Å². The Labute approximate surface area is 75.2 Å². The highest BCUT2D eigenvalue weighted by Crippen LogP contribution is 2.17. The van der Waals surface area contributed by atoms with Crippen LogP contribution in [0.25, 0.3) is 0 Å². The maximum absolute atomic E-state index is 10.2. The minimum absolute atomic E-state index is 0. The van der Waals surface area contributed by atoms with Crippen molar-refractivity contribution in [2.75, 3.05) is 5.32 Å². The van der Waals surface area contributed by atoms with E-state index in [0.29, 0.717) is 17.1 Å². The molecule has 0 atom stereocenters. The van der Waals surface area contributed by atoms with E-state index in [1.165, 1.54) is 0 Å². The molecular formula is C6H9ClN2O3. The van der Waals surface area contributed by atoms with Gasteiger partial charge in [0.05, 0.1) is 0 Å². The molecule has 0 radical (unpaired) electrons. The van der Waals surface area contributed by atoms with Gasteiger partial charge in [0.25, 0.3) is 0 Å². The van der Waals surface area contributed by atoms with Crippen molar-refractivity contribution in [2.24, 2.45) is 0 Å². The van der Waals surface area contributed by atoms with Crippen molar-refractivity contribution in [1.29, 1.82) is 0 Å². The van der Waals surface area contributed by atoms with Gasteiger partial charge >= 0.3 is 6.09 Å². The largest absolute Gasteiger partial charge is 0.465 e. The van der Waals surface area contributed by atoms with Crippen LogP contribution in [0.4, 0.5) is 10.5 Å². The lowest BCUT2D eigenvalue weighted by molar-refractivity contribution is 0.209. The van der Waals surface area contributed by atoms with Gasteiger partial charge in [-0.25, -0.2) is 4.79 Å². The zero-order valence-corrected chi connectivity index (χ0v) is 7.44. The second-order valence-corrected chi connectivity index (χ2v) is 2.13. The first kappa shape index (κ1) is 10.8. The number of nitrogens with zero attached hydrogens (tertiary/aromatic N) is 1. The van der Waals surface area contributed by atoms with Gasteiger partial charge in [0.2, 0.25) is 0 Å². The van der Waals surface area contributed by atoms with Crippen LogP contribution in [-0.4, -0.2) is 16.4 Å². The Bertz CT molecular complexity index is 265. The van der Waals surface area contributed by atoms with E-state index in [0.717, 1.165) is 0 Å². The van der Waals surface area contributed by atoms with Gasteiger partial charge in [-0.2, -0.15) is 0 Å². The topological polar surface area (TPSA) is 75.4 Å². The minimum Gasteiger partial charge on any atom is -0.465 e. The molecule has 68 valence electrons. The van der Waals surface area contributed by atoms with Crippen molar-refractivity contribution < 1.29 is 14.4 Å². The maximum atomic E-state index is 10.2. The number of hydrogen-bond acceptors (Lipinski definition) is 3. The second-order valence-electron chi connectivity index (χ2n) is 2.13. The highest BCUT2D eigenvalue weighted by atomic mass is 35.5. The molecule has 1 amide bonds. The summed E-state index contributed by atoms with van der Waals surface area (Å²) in [5.74, 6) is 0.477. The molecule has 0 unspecified atom stereocenters. The first-order chi connectivity index (χ1) is 5.11. The van der Waals surface area contributed by atoms with Gasteiger partial charge in [-0.05, 0) is 13.8 Å². The third-order valence-corrected chi connectivity index (χ3v) is 1.27. The van der Waals surface area contributed by atoms with Gasteiger partial charge in [-0.15, -0.1) is 12.4 Å². The quantitative estimate of drug-likeness (QED) is 0.712. The van der Waals surface area contributed by atoms with E-state index < -0.39 is 6.09 Å². The Morgan fingerprint density at radius 1 is 1.58 bits per heavy atom. The van der Waals surface area contributed by atoms with Crippen molar-refractivity contribution >= 4 is 24.2 Å². The lowest BCUT2D eigenvalue weighted by Crippen LogP contribution is -2.08. The number of nitrogens with one attached hydrogen (secondary N) is 1. The van der Waals surface area contributed by atoms with E-state index in [9.17, 15) is 4.79 Å². The van der Waals surface area contributed by atoms with Crippen molar-refractivity contribution in [2.45, 2.75) is 13.8 Å². The molecule has 12 heavy (non-hydrogen) atoms. The molecule has 0 aliphatic carbocycles. The number of halogens is 1. The molecule has 0 fully saturated rings. The van der Waals surface area contributed by atoms with Crippen LogP contribution in [0.5, 0.6) is 0 Å². The van der Waals surface area contributed by atoms with Crippen molar-refractivity contribution in [1.82, 2.24) is 5.16 Å². The van der Waals surface area contributed by atoms with Gasteiger partial charge in [0.1, 0.15) is 11.4 Å². The standard InChI is InChI=1S/C6H8N2O3.ClH/c1-3-5(7-6(9)10)4(2)11-8-3;/h7H,1-2H3,(H,9,10);1H. The fraction of sp³-hybridized carbons (Fsp3) is 0.333. The molecule has 2 N–H and O–H groups in total. The number of rotatable bonds is 1. The van der Waals surface area contributed by atoms with Crippen molar-refractivity contribution in [3.63, 3.8) is 0 Å². The first-order valence-corrected chi connectivity index (χ1v) is 3.04. The monoisotopic (exact) mass is 192 g/mol. The Hall–Kier alpha value is -1.23. The zero-order valence-electron chi connectivity index (χ0n) is 6.62. The number of carbonyl (C=O) groups is 1. The van der Waals surface area contributed by atoms with Gasteiger partial charge in [-0.1, -0.05) is 5.16 Å². The lowest BCUT2D eigenvalue weighted by atomic mass is 10.3. The van der Waals surface area contributed by atoms with Crippen molar-refractivity contribution in [3.05, 3.63) is 11.5 Å². The summed E-state index contributed by atoms with van der Waals surface area (Å²) in [6.07, 6.45) is -1.11. The molecule has 0 spiro atoms. The smallest absolute Gasteiger partial charge is 0.409 e. The summed E-state index contributed by atoms with van der Waals surface area (Å²) < 4.78 is 4.72. The molecule has 5 nitrogen and oxygen atoms in total. The Balaban J connectivity index is 0.00000121. The molecule has 0 saturated carbocycles. The average molecular weight is 193 g/mol. The summed E-state index contributed by atoms with van der Waals surface area (Å²) >= 11 is 0. The summed E-state index contributed by atoms with van der Waals surface area (Å²) in [7, 11) is 0. The van der Waals surface area contributed by atoms with Crippen LogP contribution < -0.4 is 5.32 Å². The maximum Gasteiger partial charge on any atom is 0.409 e. The fourth-order valence-corrected chi connectivity index (χ4v) is 0.768. The molecule has 1 heterocycles. The van der Waals surface area contributed by atoms with E-state index in [1.807, 2.05) is 0 Å². The summed E-state index contributed by atoms with van der Waals surface area (Å²) in [6.45, 7) is 3.31. The normalized spacial score (nSPS) is 8.83. The molecule has 0 saturated heterocycles. The van der Waals surface area contributed by atoms with Crippen LogP contribution in [0.3, 0.4) is 0 Å². The third kappa shape index (κ3) is 2.13. The van der Waals surface area contributed by atoms with E-state index in [2.05, 4.69) is 10.5 Å². The van der Waals surface area contributed by atoms with E-state index >= 15 is 0 Å². The first-order valence-electron chi connectivity index (χ1n) is 3.04. The molecule has 0 aliphatic heterocycles. The number of anilines is 1. The summed E-state index contributed by atoms with van der Waals surface area (Å²) in [5, 5.41) is 14.1. The fourth-order valence-electron chi connectivity index (χ4n) is 0.768. The van der Waals surface area contributed by atoms with Crippen LogP contribution in [0.2, 0.25) is 0 Å². The van der Waals surface area contributed by atoms with Gasteiger partial charge in [0, 0.05) is 0 Å². The second kappa shape index (κ2) is 3.96. The average Bonchev–Trinajstić information content (AvgIpc) is 2.18. The molecule has 1 aromatic heterocycles. The predicted molar refractivity (Wildman–Crippen MR) is 44.9 cm³/mol. The van der Waals surface area contributed by atoms with Gasteiger partial charge < -0.3 is 9.63 Å². The summed E-state index contributed by atoms with van der Waals surface area (Å²) in [6, 6.07) is 0. The van der Waals surface area contributed by atoms with E-state index in [1.54, 1.807) is 13.8 Å². The molecule has 1 rings (SSSR count). The zero-order chi connectivity index (χ0) is 8.43. The van der Waals surface area contributed by atoms with Crippen LogP contribution in [0.1, 0.15) is 11.5 Å². The summed E-state index contributed by atoms with van der Waals surface area (Å²) in [5.41, 5.74) is 0.974. The number of aryl methyl sites for hydroxylation is 2. The Morgan fingerprint density at radius 2 is 2.17 bits per heavy atom. The van der Waals surface area contributed by atoms with Crippen LogP contribution in [-0.2, 0) is 0 Å². The van der Waals surface area contributed by atoms with Crippen molar-refractivity contribution in [3.8, 4) is 0 Å².